The summed E-state index contributed by atoms with van der Waals surface area (Å²) in [5.74, 6) is -0.765. The van der Waals surface area contributed by atoms with E-state index in [0.29, 0.717) is 4.88 Å². The van der Waals surface area contributed by atoms with E-state index in [1.807, 2.05) is 11.4 Å². The predicted molar refractivity (Wildman–Crippen MR) is 59.3 cm³/mol. The van der Waals surface area contributed by atoms with Crippen LogP contribution in [-0.4, -0.2) is 18.0 Å². The molecule has 3 nitrogen and oxygen atoms in total. The van der Waals surface area contributed by atoms with Crippen LogP contribution in [0.1, 0.15) is 22.5 Å². The zero-order chi connectivity index (χ0) is 10.7. The molecule has 0 saturated carbocycles. The first-order valence-electron chi connectivity index (χ1n) is 4.83. The molecule has 0 saturated heterocycles. The van der Waals surface area contributed by atoms with E-state index in [0.717, 1.165) is 25.1 Å². The van der Waals surface area contributed by atoms with Gasteiger partial charge in [0.15, 0.2) is 5.78 Å². The minimum atomic E-state index is -0.661. The molecule has 2 heterocycles. The van der Waals surface area contributed by atoms with E-state index in [2.05, 4.69) is 11.1 Å². The van der Waals surface area contributed by atoms with E-state index in [1.165, 1.54) is 11.3 Å². The van der Waals surface area contributed by atoms with Gasteiger partial charge >= 0.3 is 0 Å². The Balaban J connectivity index is 2.21. The number of nitrogens with zero attached hydrogens (tertiary/aromatic N) is 2. The number of hydrogen-bond donors (Lipinski definition) is 0. The normalized spacial score (nSPS) is 16.9. The van der Waals surface area contributed by atoms with Crippen molar-refractivity contribution in [3.05, 3.63) is 22.4 Å². The van der Waals surface area contributed by atoms with Gasteiger partial charge in [0.2, 0.25) is 0 Å². The van der Waals surface area contributed by atoms with Gasteiger partial charge in [0.1, 0.15) is 5.92 Å². The quantitative estimate of drug-likeness (QED) is 0.731. The van der Waals surface area contributed by atoms with Crippen molar-refractivity contribution in [3.63, 3.8) is 0 Å². The highest BCUT2D eigenvalue weighted by Gasteiger charge is 2.27. The summed E-state index contributed by atoms with van der Waals surface area (Å²) < 4.78 is 0. The van der Waals surface area contributed by atoms with Crippen molar-refractivity contribution in [2.45, 2.75) is 12.8 Å². The first-order valence-corrected chi connectivity index (χ1v) is 5.71. The largest absolute Gasteiger partial charge is 0.292 e. The number of nitriles is 1. The van der Waals surface area contributed by atoms with Crippen molar-refractivity contribution >= 4 is 22.8 Å². The average Bonchev–Trinajstić information content (AvgIpc) is 2.91. The molecule has 0 aromatic carbocycles. The van der Waals surface area contributed by atoms with Crippen molar-refractivity contribution in [3.8, 4) is 6.07 Å². The molecule has 2 rings (SSSR count). The molecule has 4 heteroatoms. The molecule has 0 amide bonds. The first-order chi connectivity index (χ1) is 7.33. The fourth-order valence-electron chi connectivity index (χ4n) is 1.64. The van der Waals surface area contributed by atoms with Crippen LogP contribution >= 0.6 is 11.3 Å². The standard InChI is InChI=1S/C11H10N2OS/c12-7-8(9-3-1-5-13-9)11(14)10-4-2-6-15-10/h2,4,6,8H,1,3,5H2. The number of carbonyl (C=O) groups excluding carboxylic acids is 1. The minimum absolute atomic E-state index is 0.104. The van der Waals surface area contributed by atoms with Gasteiger partial charge in [-0.15, -0.1) is 11.3 Å². The number of Topliss-reactive ketones (excluding diaryl/α,β-unsaturated/α-hetero) is 1. The highest BCUT2D eigenvalue weighted by molar-refractivity contribution is 7.12. The van der Waals surface area contributed by atoms with Crippen LogP contribution in [0, 0.1) is 17.2 Å². The van der Waals surface area contributed by atoms with Crippen LogP contribution in [-0.2, 0) is 0 Å². The highest BCUT2D eigenvalue weighted by Crippen LogP contribution is 2.19. The van der Waals surface area contributed by atoms with Crippen molar-refractivity contribution < 1.29 is 4.79 Å². The zero-order valence-corrected chi connectivity index (χ0v) is 8.96. The van der Waals surface area contributed by atoms with Crippen LogP contribution in [0.2, 0.25) is 0 Å². The average molecular weight is 218 g/mol. The van der Waals surface area contributed by atoms with Gasteiger partial charge in [-0.2, -0.15) is 5.26 Å². The second kappa shape index (κ2) is 4.37. The van der Waals surface area contributed by atoms with Crippen LogP contribution < -0.4 is 0 Å². The molecule has 0 radical (unpaired) electrons. The molecule has 76 valence electrons. The summed E-state index contributed by atoms with van der Waals surface area (Å²) in [6.45, 7) is 0.755. The Morgan fingerprint density at radius 2 is 2.53 bits per heavy atom. The molecule has 0 bridgehead atoms. The smallest absolute Gasteiger partial charge is 0.195 e. The van der Waals surface area contributed by atoms with E-state index < -0.39 is 5.92 Å². The van der Waals surface area contributed by atoms with Gasteiger partial charge in [-0.3, -0.25) is 9.79 Å². The van der Waals surface area contributed by atoms with Gasteiger partial charge in [0.25, 0.3) is 0 Å². The van der Waals surface area contributed by atoms with Crippen LogP contribution in [0.25, 0.3) is 0 Å². The van der Waals surface area contributed by atoms with Gasteiger partial charge in [0, 0.05) is 12.3 Å². The molecule has 15 heavy (non-hydrogen) atoms. The number of ketones is 1. The van der Waals surface area contributed by atoms with Crippen LogP contribution in [0.4, 0.5) is 0 Å². The predicted octanol–water partition coefficient (Wildman–Crippen LogP) is 2.31. The Labute approximate surface area is 92.1 Å². The SMILES string of the molecule is N#CC(C(=O)c1cccs1)C1=NCCC1. The highest BCUT2D eigenvalue weighted by atomic mass is 32.1. The number of aliphatic imine (C=N–C) groups is 1. The van der Waals surface area contributed by atoms with Gasteiger partial charge in [-0.05, 0) is 24.3 Å². The molecule has 1 aromatic rings. The van der Waals surface area contributed by atoms with Gasteiger partial charge < -0.3 is 0 Å². The second-order valence-corrected chi connectivity index (χ2v) is 4.33. The van der Waals surface area contributed by atoms with Crippen molar-refractivity contribution in [1.82, 2.24) is 0 Å². The van der Waals surface area contributed by atoms with Crippen molar-refractivity contribution in [2.24, 2.45) is 10.9 Å². The van der Waals surface area contributed by atoms with E-state index >= 15 is 0 Å². The maximum Gasteiger partial charge on any atom is 0.195 e. The topological polar surface area (TPSA) is 53.2 Å². The Morgan fingerprint density at radius 1 is 1.67 bits per heavy atom. The summed E-state index contributed by atoms with van der Waals surface area (Å²) in [4.78, 5) is 16.8. The van der Waals surface area contributed by atoms with Crippen LogP contribution in [0.15, 0.2) is 22.5 Å². The number of carbonyl (C=O) groups is 1. The molecule has 0 spiro atoms. The van der Waals surface area contributed by atoms with Crippen LogP contribution in [0.3, 0.4) is 0 Å². The Bertz CT molecular complexity index is 428. The lowest BCUT2D eigenvalue weighted by molar-refractivity contribution is 0.0978. The molecule has 1 aliphatic heterocycles. The van der Waals surface area contributed by atoms with E-state index in [-0.39, 0.29) is 5.78 Å². The Hall–Kier alpha value is -1.47. The molecular weight excluding hydrogens is 208 g/mol. The molecule has 1 atom stereocenters. The Kier molecular flexibility index (Phi) is 2.93. The fraction of sp³-hybridized carbons (Fsp3) is 0.364. The lowest BCUT2D eigenvalue weighted by atomic mass is 9.97. The fourth-order valence-corrected chi connectivity index (χ4v) is 2.34. The van der Waals surface area contributed by atoms with Crippen molar-refractivity contribution in [2.75, 3.05) is 6.54 Å². The molecule has 0 aliphatic carbocycles. The molecule has 1 aromatic heterocycles. The zero-order valence-electron chi connectivity index (χ0n) is 8.14. The molecule has 1 unspecified atom stereocenters. The lowest BCUT2D eigenvalue weighted by Gasteiger charge is -2.05. The summed E-state index contributed by atoms with van der Waals surface area (Å²) in [5.41, 5.74) is 0.760. The third kappa shape index (κ3) is 1.97. The van der Waals surface area contributed by atoms with Gasteiger partial charge in [-0.1, -0.05) is 6.07 Å². The maximum atomic E-state index is 11.9. The summed E-state index contributed by atoms with van der Waals surface area (Å²) in [6, 6.07) is 5.64. The van der Waals surface area contributed by atoms with Gasteiger partial charge in [0.05, 0.1) is 10.9 Å². The molecule has 1 aliphatic rings. The maximum absolute atomic E-state index is 11.9. The lowest BCUT2D eigenvalue weighted by Crippen LogP contribution is -2.20. The summed E-state index contributed by atoms with van der Waals surface area (Å²) in [7, 11) is 0. The number of hydrogen-bond acceptors (Lipinski definition) is 4. The van der Waals surface area contributed by atoms with E-state index in [9.17, 15) is 4.79 Å². The third-order valence-electron chi connectivity index (χ3n) is 2.39. The molecule has 0 fully saturated rings. The molecular formula is C11H10N2OS. The summed E-state index contributed by atoms with van der Waals surface area (Å²) >= 11 is 1.38. The van der Waals surface area contributed by atoms with E-state index in [1.54, 1.807) is 6.07 Å². The third-order valence-corrected chi connectivity index (χ3v) is 3.28. The van der Waals surface area contributed by atoms with E-state index in [4.69, 9.17) is 5.26 Å². The first kappa shape index (κ1) is 10.1. The summed E-state index contributed by atoms with van der Waals surface area (Å²) in [5, 5.41) is 10.9. The molecule has 0 N–H and O–H groups in total. The monoisotopic (exact) mass is 218 g/mol. The number of thiophene rings is 1. The Morgan fingerprint density at radius 3 is 3.07 bits per heavy atom. The number of rotatable bonds is 3. The summed E-state index contributed by atoms with van der Waals surface area (Å²) in [6.07, 6.45) is 1.75. The minimum Gasteiger partial charge on any atom is -0.292 e. The van der Waals surface area contributed by atoms with Crippen molar-refractivity contribution in [1.29, 1.82) is 5.26 Å². The van der Waals surface area contributed by atoms with Crippen LogP contribution in [0.5, 0.6) is 0 Å². The second-order valence-electron chi connectivity index (χ2n) is 3.38. The van der Waals surface area contributed by atoms with Gasteiger partial charge in [-0.25, -0.2) is 0 Å².